The largest absolute Gasteiger partial charge is 0.351 e. The Kier molecular flexibility index (Phi) is 6.78. The van der Waals surface area contributed by atoms with E-state index in [4.69, 9.17) is 0 Å². The van der Waals surface area contributed by atoms with E-state index in [2.05, 4.69) is 49.4 Å². The van der Waals surface area contributed by atoms with E-state index < -0.39 is 11.6 Å². The molecule has 0 amide bonds. The number of aromatic nitrogens is 1. The Balaban J connectivity index is 1.58. The summed E-state index contributed by atoms with van der Waals surface area (Å²) in [5.41, 5.74) is 0.252. The second-order valence-electron chi connectivity index (χ2n) is 11.0. The predicted octanol–water partition coefficient (Wildman–Crippen LogP) is 5.58. The highest BCUT2D eigenvalue weighted by Crippen LogP contribution is 2.42. The van der Waals surface area contributed by atoms with Crippen LogP contribution in [0.2, 0.25) is 0 Å². The fourth-order valence-corrected chi connectivity index (χ4v) is 5.85. The molecule has 0 saturated carbocycles. The van der Waals surface area contributed by atoms with Gasteiger partial charge in [0, 0.05) is 54.5 Å². The monoisotopic (exact) mass is 473 g/mol. The number of pyridine rings is 1. The molecule has 2 aliphatic rings. The Bertz CT molecular complexity index is 1020. The van der Waals surface area contributed by atoms with Crippen molar-refractivity contribution in [3.05, 3.63) is 59.5 Å². The molecule has 2 aromatic rings. The van der Waals surface area contributed by atoms with Crippen LogP contribution in [-0.4, -0.2) is 46.4 Å². The third-order valence-corrected chi connectivity index (χ3v) is 7.58. The van der Waals surface area contributed by atoms with Gasteiger partial charge in [-0.1, -0.05) is 6.07 Å². The molecule has 3 heterocycles. The second kappa shape index (κ2) is 9.33. The summed E-state index contributed by atoms with van der Waals surface area (Å²) in [6.07, 6.45) is 2.53. The van der Waals surface area contributed by atoms with Gasteiger partial charge in [-0.15, -0.1) is 0 Å². The average Bonchev–Trinajstić information content (AvgIpc) is 3.19. The molecule has 1 unspecified atom stereocenters. The van der Waals surface area contributed by atoms with Crippen LogP contribution in [0.4, 0.5) is 19.0 Å². The van der Waals surface area contributed by atoms with Gasteiger partial charge in [0.1, 0.15) is 29.1 Å². The number of hydrogen-bond acceptors (Lipinski definition) is 4. The molecule has 0 N–H and O–H groups in total. The molecule has 0 spiro atoms. The van der Waals surface area contributed by atoms with Gasteiger partial charge < -0.3 is 4.90 Å². The summed E-state index contributed by atoms with van der Waals surface area (Å²) in [5, 5.41) is 0. The minimum Gasteiger partial charge on any atom is -0.351 e. The summed E-state index contributed by atoms with van der Waals surface area (Å²) in [6.45, 7) is 11.5. The number of carbonyl (C=O) groups is 1. The van der Waals surface area contributed by atoms with Crippen molar-refractivity contribution >= 4 is 11.6 Å². The minimum atomic E-state index is -0.612. The summed E-state index contributed by atoms with van der Waals surface area (Å²) in [4.78, 5) is 22.5. The molecule has 5 atom stereocenters. The number of hydrogen-bond donors (Lipinski definition) is 0. The summed E-state index contributed by atoms with van der Waals surface area (Å²) >= 11 is 0. The van der Waals surface area contributed by atoms with Crippen LogP contribution in [0.1, 0.15) is 58.9 Å². The molecule has 2 saturated heterocycles. The van der Waals surface area contributed by atoms with Gasteiger partial charge in [-0.2, -0.15) is 0 Å². The van der Waals surface area contributed by atoms with Crippen molar-refractivity contribution in [3.63, 3.8) is 0 Å². The van der Waals surface area contributed by atoms with Crippen molar-refractivity contribution < 1.29 is 18.0 Å². The van der Waals surface area contributed by atoms with E-state index in [1.165, 1.54) is 24.4 Å². The van der Waals surface area contributed by atoms with Crippen molar-refractivity contribution in [2.45, 2.75) is 71.0 Å². The molecule has 2 fully saturated rings. The van der Waals surface area contributed by atoms with Gasteiger partial charge in [0.05, 0.1) is 6.20 Å². The predicted molar refractivity (Wildman–Crippen MR) is 127 cm³/mol. The average molecular weight is 474 g/mol. The quantitative estimate of drug-likeness (QED) is 0.581. The van der Waals surface area contributed by atoms with Crippen LogP contribution in [0.25, 0.3) is 0 Å². The van der Waals surface area contributed by atoms with E-state index in [-0.39, 0.29) is 47.0 Å². The Labute approximate surface area is 200 Å². The molecular formula is C27H34F3N3O. The van der Waals surface area contributed by atoms with Crippen LogP contribution in [0.5, 0.6) is 0 Å². The smallest absolute Gasteiger partial charge is 0.141 e. The van der Waals surface area contributed by atoms with Crippen LogP contribution in [0, 0.1) is 29.3 Å². The van der Waals surface area contributed by atoms with Crippen molar-refractivity contribution in [2.24, 2.45) is 11.8 Å². The number of piperidine rings is 1. The first-order valence-electron chi connectivity index (χ1n) is 12.1. The van der Waals surface area contributed by atoms with Gasteiger partial charge >= 0.3 is 0 Å². The lowest BCUT2D eigenvalue weighted by Gasteiger charge is -2.43. The van der Waals surface area contributed by atoms with Crippen molar-refractivity contribution in [1.29, 1.82) is 0 Å². The van der Waals surface area contributed by atoms with Gasteiger partial charge in [-0.05, 0) is 71.2 Å². The molecule has 0 bridgehead atoms. The van der Waals surface area contributed by atoms with Gasteiger partial charge in [-0.3, -0.25) is 9.69 Å². The number of nitrogens with zero attached hydrogens (tertiary/aromatic N) is 3. The number of likely N-dealkylation sites (tertiary alicyclic amines) is 1. The molecule has 2 aliphatic heterocycles. The SMILES string of the molecule is C[C@@H]1CC(C(=O)[C@H]2CN(C(C)(C)C)C[C@@H]2c2ccc(F)cc2F)C[C@H](C)N1c1ccc(F)cn1. The number of ketones is 1. The maximum absolute atomic E-state index is 14.8. The third-order valence-electron chi connectivity index (χ3n) is 7.58. The van der Waals surface area contributed by atoms with Crippen molar-refractivity contribution in [2.75, 3.05) is 18.0 Å². The molecule has 4 nitrogen and oxygen atoms in total. The standard InChI is InChI=1S/C27H34F3N3O/c1-16-10-18(11-17(2)33(16)25-9-7-20(29)13-31-25)26(34)23-15-32(27(3,4)5)14-22(23)21-8-6-19(28)12-24(21)30/h6-9,12-13,16-18,22-23H,10-11,14-15H2,1-5H3/t16-,17+,18?,22-,23+/m1/s1. The van der Waals surface area contributed by atoms with Gasteiger partial charge in [0.25, 0.3) is 0 Å². The lowest BCUT2D eigenvalue weighted by Crippen LogP contribution is -2.50. The lowest BCUT2D eigenvalue weighted by atomic mass is 9.76. The fourth-order valence-electron chi connectivity index (χ4n) is 5.85. The highest BCUT2D eigenvalue weighted by atomic mass is 19.1. The summed E-state index contributed by atoms with van der Waals surface area (Å²) in [7, 11) is 0. The minimum absolute atomic E-state index is 0.0526. The zero-order valence-corrected chi connectivity index (χ0v) is 20.6. The highest BCUT2D eigenvalue weighted by Gasteiger charge is 2.46. The third kappa shape index (κ3) is 4.85. The Morgan fingerprint density at radius 3 is 2.18 bits per heavy atom. The lowest BCUT2D eigenvalue weighted by molar-refractivity contribution is -0.128. The second-order valence-corrected chi connectivity index (χ2v) is 11.0. The molecule has 0 aliphatic carbocycles. The number of anilines is 1. The van der Waals surface area contributed by atoms with E-state index in [9.17, 15) is 18.0 Å². The highest BCUT2D eigenvalue weighted by molar-refractivity contribution is 5.85. The maximum atomic E-state index is 14.8. The van der Waals surface area contributed by atoms with Crippen LogP contribution < -0.4 is 4.90 Å². The normalized spacial score (nSPS) is 28.4. The number of Topliss-reactive ketones (excluding diaryl/α,β-unsaturated/α-hetero) is 1. The number of benzene rings is 1. The number of rotatable bonds is 4. The van der Waals surface area contributed by atoms with Crippen LogP contribution in [0.15, 0.2) is 36.5 Å². The Morgan fingerprint density at radius 2 is 1.62 bits per heavy atom. The van der Waals surface area contributed by atoms with Crippen LogP contribution in [0.3, 0.4) is 0 Å². The Hall–Kier alpha value is -2.41. The zero-order chi connectivity index (χ0) is 24.8. The molecule has 4 rings (SSSR count). The summed E-state index contributed by atoms with van der Waals surface area (Å²) in [6, 6.07) is 6.87. The molecule has 184 valence electrons. The first-order valence-corrected chi connectivity index (χ1v) is 12.1. The first-order chi connectivity index (χ1) is 16.0. The van der Waals surface area contributed by atoms with E-state index in [0.717, 1.165) is 6.07 Å². The first kappa shape index (κ1) is 24.7. The van der Waals surface area contributed by atoms with E-state index in [1.807, 2.05) is 0 Å². The molecule has 34 heavy (non-hydrogen) atoms. The van der Waals surface area contributed by atoms with Crippen molar-refractivity contribution in [3.8, 4) is 0 Å². The molecule has 7 heteroatoms. The van der Waals surface area contributed by atoms with E-state index in [0.29, 0.717) is 37.3 Å². The Morgan fingerprint density at radius 1 is 0.971 bits per heavy atom. The maximum Gasteiger partial charge on any atom is 0.141 e. The van der Waals surface area contributed by atoms with Crippen molar-refractivity contribution in [1.82, 2.24) is 9.88 Å². The van der Waals surface area contributed by atoms with E-state index in [1.54, 1.807) is 6.07 Å². The number of halogens is 3. The van der Waals surface area contributed by atoms with Gasteiger partial charge in [0.15, 0.2) is 0 Å². The fraction of sp³-hybridized carbons (Fsp3) is 0.556. The molecule has 1 aromatic carbocycles. The molecular weight excluding hydrogens is 439 g/mol. The van der Waals surface area contributed by atoms with Crippen LogP contribution in [-0.2, 0) is 4.79 Å². The van der Waals surface area contributed by atoms with Gasteiger partial charge in [-0.25, -0.2) is 18.2 Å². The summed E-state index contributed by atoms with van der Waals surface area (Å²) in [5.74, 6) is -1.52. The topological polar surface area (TPSA) is 36.4 Å². The van der Waals surface area contributed by atoms with E-state index >= 15 is 0 Å². The summed E-state index contributed by atoms with van der Waals surface area (Å²) < 4.78 is 41.7. The molecule has 1 aromatic heterocycles. The molecule has 0 radical (unpaired) electrons. The van der Waals surface area contributed by atoms with Gasteiger partial charge in [0.2, 0.25) is 0 Å². The number of carbonyl (C=O) groups excluding carboxylic acids is 1. The van der Waals surface area contributed by atoms with Crippen LogP contribution >= 0.6 is 0 Å². The zero-order valence-electron chi connectivity index (χ0n) is 20.6.